The minimum absolute atomic E-state index is 0.0984. The summed E-state index contributed by atoms with van der Waals surface area (Å²) >= 11 is 17.5. The van der Waals surface area contributed by atoms with Crippen LogP contribution in [-0.2, 0) is 0 Å². The van der Waals surface area contributed by atoms with Gasteiger partial charge in [0.2, 0.25) is 0 Å². The molecule has 0 aliphatic heterocycles. The summed E-state index contributed by atoms with van der Waals surface area (Å²) in [7, 11) is 0. The summed E-state index contributed by atoms with van der Waals surface area (Å²) in [6, 6.07) is 3.06. The molecule has 0 saturated carbocycles. The van der Waals surface area contributed by atoms with Crippen LogP contribution in [0.1, 0.15) is 0 Å². The van der Waals surface area contributed by atoms with Crippen LogP contribution in [0.5, 0.6) is 5.75 Å². The van der Waals surface area contributed by atoms with E-state index in [0.717, 1.165) is 0 Å². The molecule has 0 unspecified atom stereocenters. The van der Waals surface area contributed by atoms with Crippen molar-refractivity contribution < 1.29 is 9.84 Å². The molecular formula is C12H7Cl3O2. The van der Waals surface area contributed by atoms with Gasteiger partial charge >= 0.3 is 0 Å². The van der Waals surface area contributed by atoms with Gasteiger partial charge in [-0.2, -0.15) is 0 Å². The number of ether oxygens (including phenoxy) is 1. The van der Waals surface area contributed by atoms with Crippen molar-refractivity contribution in [1.29, 1.82) is 0 Å². The summed E-state index contributed by atoms with van der Waals surface area (Å²) in [5.74, 6) is 10.3. The molecule has 0 aromatic heterocycles. The van der Waals surface area contributed by atoms with Gasteiger partial charge in [-0.15, -0.1) is 0 Å². The van der Waals surface area contributed by atoms with Crippen molar-refractivity contribution in [3.8, 4) is 29.4 Å². The number of aliphatic hydroxyl groups excluding tert-OH is 1. The van der Waals surface area contributed by atoms with E-state index >= 15 is 0 Å². The predicted molar refractivity (Wildman–Crippen MR) is 69.6 cm³/mol. The number of hydrogen-bond donors (Lipinski definition) is 1. The summed E-state index contributed by atoms with van der Waals surface area (Å²) in [5.41, 5.74) is 0. The van der Waals surface area contributed by atoms with Crippen molar-refractivity contribution in [3.05, 3.63) is 27.2 Å². The molecule has 5 heteroatoms. The molecule has 1 rings (SSSR count). The SMILES string of the molecule is OCC#CC#CCOc1c(Cl)cc(Cl)cc1Cl. The Morgan fingerprint density at radius 2 is 1.65 bits per heavy atom. The van der Waals surface area contributed by atoms with Crippen LogP contribution in [-0.4, -0.2) is 18.3 Å². The van der Waals surface area contributed by atoms with Gasteiger partial charge in [0.15, 0.2) is 5.75 Å². The van der Waals surface area contributed by atoms with Gasteiger partial charge < -0.3 is 9.84 Å². The van der Waals surface area contributed by atoms with Crippen LogP contribution in [0.4, 0.5) is 0 Å². The minimum atomic E-state index is -0.218. The quantitative estimate of drug-likeness (QED) is 0.848. The van der Waals surface area contributed by atoms with Crippen LogP contribution in [0.25, 0.3) is 0 Å². The Kier molecular flexibility index (Phi) is 6.05. The fourth-order valence-corrected chi connectivity index (χ4v) is 1.87. The van der Waals surface area contributed by atoms with Gasteiger partial charge in [-0.3, -0.25) is 0 Å². The van der Waals surface area contributed by atoms with E-state index in [2.05, 4.69) is 23.7 Å². The first-order chi connectivity index (χ1) is 8.15. The second-order valence-electron chi connectivity index (χ2n) is 2.75. The van der Waals surface area contributed by atoms with Crippen LogP contribution in [0.3, 0.4) is 0 Å². The minimum Gasteiger partial charge on any atom is -0.478 e. The highest BCUT2D eigenvalue weighted by Crippen LogP contribution is 2.35. The van der Waals surface area contributed by atoms with Crippen LogP contribution < -0.4 is 4.74 Å². The zero-order valence-electron chi connectivity index (χ0n) is 8.56. The lowest BCUT2D eigenvalue weighted by Gasteiger charge is -2.07. The van der Waals surface area contributed by atoms with E-state index < -0.39 is 0 Å². The van der Waals surface area contributed by atoms with Crippen molar-refractivity contribution in [3.63, 3.8) is 0 Å². The standard InChI is InChI=1S/C12H7Cl3O2/c13-9-7-10(14)12(11(15)8-9)17-6-4-2-1-3-5-16/h7-8,16H,5-6H2. The third kappa shape index (κ3) is 4.77. The molecule has 1 aromatic carbocycles. The highest BCUT2D eigenvalue weighted by atomic mass is 35.5. The van der Waals surface area contributed by atoms with E-state index in [4.69, 9.17) is 44.6 Å². The molecule has 1 aromatic rings. The van der Waals surface area contributed by atoms with Gasteiger partial charge in [0.05, 0.1) is 10.0 Å². The molecule has 0 amide bonds. The van der Waals surface area contributed by atoms with Crippen LogP contribution >= 0.6 is 34.8 Å². The van der Waals surface area contributed by atoms with Crippen LogP contribution in [0.2, 0.25) is 15.1 Å². The molecule has 0 aliphatic carbocycles. The largest absolute Gasteiger partial charge is 0.478 e. The van der Waals surface area contributed by atoms with E-state index in [0.29, 0.717) is 20.8 Å². The van der Waals surface area contributed by atoms with Crippen molar-refractivity contribution in [2.24, 2.45) is 0 Å². The summed E-state index contributed by atoms with van der Waals surface area (Å²) in [4.78, 5) is 0. The maximum Gasteiger partial charge on any atom is 0.158 e. The fraction of sp³-hybridized carbons (Fsp3) is 0.167. The Bertz CT molecular complexity index is 495. The molecule has 0 spiro atoms. The molecule has 17 heavy (non-hydrogen) atoms. The molecule has 0 aliphatic rings. The molecule has 88 valence electrons. The van der Waals surface area contributed by atoms with E-state index in [1.54, 1.807) is 0 Å². The fourth-order valence-electron chi connectivity index (χ4n) is 0.939. The second kappa shape index (κ2) is 7.33. The Morgan fingerprint density at radius 3 is 2.24 bits per heavy atom. The number of halogens is 3. The topological polar surface area (TPSA) is 29.5 Å². The average Bonchev–Trinajstić information content (AvgIpc) is 2.26. The van der Waals surface area contributed by atoms with Gasteiger partial charge in [-0.25, -0.2) is 0 Å². The number of rotatable bonds is 2. The predicted octanol–water partition coefficient (Wildman–Crippen LogP) is 3.02. The molecule has 0 fully saturated rings. The lowest BCUT2D eigenvalue weighted by Crippen LogP contribution is -1.95. The highest BCUT2D eigenvalue weighted by Gasteiger charge is 2.08. The van der Waals surface area contributed by atoms with Gasteiger partial charge in [-0.1, -0.05) is 40.7 Å². The second-order valence-corrected chi connectivity index (χ2v) is 4.00. The molecule has 1 N–H and O–H groups in total. The summed E-state index contributed by atoms with van der Waals surface area (Å²) in [5, 5.41) is 9.47. The van der Waals surface area contributed by atoms with E-state index in [1.165, 1.54) is 12.1 Å². The molecular weight excluding hydrogens is 282 g/mol. The lowest BCUT2D eigenvalue weighted by atomic mass is 10.3. The maximum atomic E-state index is 8.38. The zero-order valence-corrected chi connectivity index (χ0v) is 10.8. The summed E-state index contributed by atoms with van der Waals surface area (Å²) in [6.45, 7) is -0.119. The third-order valence-electron chi connectivity index (χ3n) is 1.57. The highest BCUT2D eigenvalue weighted by molar-refractivity contribution is 6.40. The van der Waals surface area contributed by atoms with Crippen LogP contribution in [0, 0.1) is 23.7 Å². The first kappa shape index (κ1) is 14.0. The lowest BCUT2D eigenvalue weighted by molar-refractivity contribution is 0.350. The zero-order chi connectivity index (χ0) is 12.7. The molecule has 0 bridgehead atoms. The molecule has 0 heterocycles. The van der Waals surface area contributed by atoms with E-state index in [1.807, 2.05) is 0 Å². The number of aliphatic hydroxyl groups is 1. The van der Waals surface area contributed by atoms with Crippen LogP contribution in [0.15, 0.2) is 12.1 Å². The maximum absolute atomic E-state index is 8.38. The van der Waals surface area contributed by atoms with Crippen molar-refractivity contribution in [1.82, 2.24) is 0 Å². The van der Waals surface area contributed by atoms with Gasteiger partial charge in [-0.05, 0) is 29.9 Å². The van der Waals surface area contributed by atoms with Gasteiger partial charge in [0, 0.05) is 5.02 Å². The first-order valence-electron chi connectivity index (χ1n) is 4.49. The first-order valence-corrected chi connectivity index (χ1v) is 5.62. The van der Waals surface area contributed by atoms with E-state index in [9.17, 15) is 0 Å². The normalized spacial score (nSPS) is 8.71. The van der Waals surface area contributed by atoms with Crippen molar-refractivity contribution in [2.75, 3.05) is 13.2 Å². The van der Waals surface area contributed by atoms with Crippen molar-refractivity contribution >= 4 is 34.8 Å². The van der Waals surface area contributed by atoms with E-state index in [-0.39, 0.29) is 13.2 Å². The molecule has 0 saturated heterocycles. The Morgan fingerprint density at radius 1 is 1.06 bits per heavy atom. The molecule has 0 radical (unpaired) electrons. The molecule has 2 nitrogen and oxygen atoms in total. The number of hydrogen-bond acceptors (Lipinski definition) is 2. The number of benzene rings is 1. The smallest absolute Gasteiger partial charge is 0.158 e. The Balaban J connectivity index is 2.66. The van der Waals surface area contributed by atoms with Gasteiger partial charge in [0.25, 0.3) is 0 Å². The van der Waals surface area contributed by atoms with Gasteiger partial charge in [0.1, 0.15) is 13.2 Å². The molecule has 0 atom stereocenters. The Labute approximate surface area is 114 Å². The average molecular weight is 290 g/mol. The van der Waals surface area contributed by atoms with Crippen molar-refractivity contribution in [2.45, 2.75) is 0 Å². The Hall–Kier alpha value is -1.03. The monoisotopic (exact) mass is 288 g/mol. The third-order valence-corrected chi connectivity index (χ3v) is 2.35. The summed E-state index contributed by atoms with van der Waals surface area (Å²) < 4.78 is 5.28. The summed E-state index contributed by atoms with van der Waals surface area (Å²) in [6.07, 6.45) is 0.